The highest BCUT2D eigenvalue weighted by Gasteiger charge is 2.16. The molecule has 0 aliphatic heterocycles. The molecule has 0 spiro atoms. The van der Waals surface area contributed by atoms with Crippen molar-refractivity contribution in [3.8, 4) is 5.75 Å². The van der Waals surface area contributed by atoms with Crippen LogP contribution in [0.25, 0.3) is 0 Å². The molecule has 1 aromatic heterocycles. The number of phenols is 1. The molecule has 0 aliphatic carbocycles. The number of anilines is 1. The van der Waals surface area contributed by atoms with Gasteiger partial charge in [-0.3, -0.25) is 4.68 Å². The molecule has 0 aliphatic rings. The molecular formula is C15H21N3O. The second kappa shape index (κ2) is 5.34. The fourth-order valence-corrected chi connectivity index (χ4v) is 2.56. The van der Waals surface area contributed by atoms with E-state index < -0.39 is 0 Å². The lowest BCUT2D eigenvalue weighted by atomic mass is 10.1. The zero-order valence-electron chi connectivity index (χ0n) is 11.9. The van der Waals surface area contributed by atoms with Crippen molar-refractivity contribution < 1.29 is 5.11 Å². The van der Waals surface area contributed by atoms with Crippen LogP contribution in [0.4, 0.5) is 5.69 Å². The number of phenolic OH excluding ortho intramolecular Hbond substituents is 1. The third kappa shape index (κ3) is 2.72. The second-order valence-corrected chi connectivity index (χ2v) is 4.82. The van der Waals surface area contributed by atoms with E-state index in [0.29, 0.717) is 0 Å². The van der Waals surface area contributed by atoms with Gasteiger partial charge >= 0.3 is 0 Å². The number of rotatable bonds is 4. The van der Waals surface area contributed by atoms with Gasteiger partial charge in [0.1, 0.15) is 5.75 Å². The van der Waals surface area contributed by atoms with Gasteiger partial charge in [0.25, 0.3) is 0 Å². The van der Waals surface area contributed by atoms with Crippen LogP contribution in [0.15, 0.2) is 24.3 Å². The van der Waals surface area contributed by atoms with Gasteiger partial charge in [0, 0.05) is 29.6 Å². The molecule has 1 atom stereocenters. The molecule has 4 nitrogen and oxygen atoms in total. The number of aryl methyl sites for hydroxylation is 2. The van der Waals surface area contributed by atoms with Crippen molar-refractivity contribution in [2.24, 2.45) is 0 Å². The molecule has 1 aromatic carbocycles. The number of aromatic nitrogens is 2. The largest absolute Gasteiger partial charge is 0.508 e. The Bertz CT molecular complexity index is 575. The van der Waals surface area contributed by atoms with Crippen LogP contribution in [0.1, 0.15) is 36.8 Å². The third-order valence-corrected chi connectivity index (χ3v) is 3.40. The average Bonchev–Trinajstić information content (AvgIpc) is 2.64. The highest BCUT2D eigenvalue weighted by atomic mass is 16.3. The van der Waals surface area contributed by atoms with Crippen molar-refractivity contribution in [2.45, 2.75) is 40.3 Å². The predicted molar refractivity (Wildman–Crippen MR) is 77.5 cm³/mol. The quantitative estimate of drug-likeness (QED) is 0.884. The van der Waals surface area contributed by atoms with Crippen LogP contribution in [0.2, 0.25) is 0 Å². The Kier molecular flexibility index (Phi) is 3.79. The maximum Gasteiger partial charge on any atom is 0.117 e. The van der Waals surface area contributed by atoms with Crippen LogP contribution in [-0.2, 0) is 6.54 Å². The Labute approximate surface area is 114 Å². The Balaban J connectivity index is 2.25. The average molecular weight is 259 g/mol. The fraction of sp³-hybridized carbons (Fsp3) is 0.400. The molecule has 0 fully saturated rings. The molecule has 2 rings (SSSR count). The topological polar surface area (TPSA) is 50.1 Å². The van der Waals surface area contributed by atoms with Crippen molar-refractivity contribution in [1.82, 2.24) is 9.78 Å². The molecule has 4 heteroatoms. The second-order valence-electron chi connectivity index (χ2n) is 4.82. The minimum atomic E-state index is 0.155. The lowest BCUT2D eigenvalue weighted by molar-refractivity contribution is 0.475. The van der Waals surface area contributed by atoms with Gasteiger partial charge in [-0.15, -0.1) is 0 Å². The summed E-state index contributed by atoms with van der Waals surface area (Å²) in [6.45, 7) is 9.22. The predicted octanol–water partition coefficient (Wildman–Crippen LogP) is 3.40. The van der Waals surface area contributed by atoms with Crippen LogP contribution < -0.4 is 5.32 Å². The van der Waals surface area contributed by atoms with E-state index in [9.17, 15) is 5.11 Å². The van der Waals surface area contributed by atoms with E-state index >= 15 is 0 Å². The van der Waals surface area contributed by atoms with Crippen molar-refractivity contribution in [3.63, 3.8) is 0 Å². The molecule has 19 heavy (non-hydrogen) atoms. The normalized spacial score (nSPS) is 12.4. The van der Waals surface area contributed by atoms with Crippen LogP contribution in [0, 0.1) is 13.8 Å². The van der Waals surface area contributed by atoms with E-state index in [2.05, 4.69) is 31.2 Å². The minimum Gasteiger partial charge on any atom is -0.508 e. The first-order chi connectivity index (χ1) is 9.02. The van der Waals surface area contributed by atoms with Gasteiger partial charge in [0.05, 0.1) is 11.7 Å². The highest BCUT2D eigenvalue weighted by Crippen LogP contribution is 2.26. The van der Waals surface area contributed by atoms with Crippen LogP contribution in [0.5, 0.6) is 5.75 Å². The number of hydrogen-bond acceptors (Lipinski definition) is 3. The summed E-state index contributed by atoms with van der Waals surface area (Å²) in [6, 6.07) is 7.33. The molecule has 0 amide bonds. The summed E-state index contributed by atoms with van der Waals surface area (Å²) in [5, 5.41) is 17.4. The van der Waals surface area contributed by atoms with E-state index in [1.54, 1.807) is 12.1 Å². The summed E-state index contributed by atoms with van der Waals surface area (Å²) < 4.78 is 2.02. The molecule has 2 N–H and O–H groups in total. The molecule has 1 unspecified atom stereocenters. The number of aromatic hydroxyl groups is 1. The van der Waals surface area contributed by atoms with Gasteiger partial charge in [-0.2, -0.15) is 5.10 Å². The smallest absolute Gasteiger partial charge is 0.117 e. The number of nitrogens with one attached hydrogen (secondary N) is 1. The van der Waals surface area contributed by atoms with Gasteiger partial charge in [-0.1, -0.05) is 6.07 Å². The van der Waals surface area contributed by atoms with Crippen molar-refractivity contribution in [3.05, 3.63) is 41.2 Å². The summed E-state index contributed by atoms with van der Waals surface area (Å²) in [5.41, 5.74) is 4.39. The van der Waals surface area contributed by atoms with Crippen LogP contribution in [0.3, 0.4) is 0 Å². The van der Waals surface area contributed by atoms with Gasteiger partial charge in [-0.05, 0) is 39.8 Å². The van der Waals surface area contributed by atoms with Crippen LogP contribution in [-0.4, -0.2) is 14.9 Å². The van der Waals surface area contributed by atoms with Gasteiger partial charge in [-0.25, -0.2) is 0 Å². The van der Waals surface area contributed by atoms with Crippen LogP contribution >= 0.6 is 0 Å². The van der Waals surface area contributed by atoms with E-state index in [0.717, 1.165) is 17.9 Å². The molecule has 0 saturated carbocycles. The van der Waals surface area contributed by atoms with E-state index in [1.807, 2.05) is 23.7 Å². The maximum atomic E-state index is 9.49. The monoisotopic (exact) mass is 259 g/mol. The Morgan fingerprint density at radius 3 is 2.68 bits per heavy atom. The summed E-state index contributed by atoms with van der Waals surface area (Å²) in [6.07, 6.45) is 0. The number of nitrogens with zero attached hydrogens (tertiary/aromatic N) is 2. The summed E-state index contributed by atoms with van der Waals surface area (Å²) in [4.78, 5) is 0. The van der Waals surface area contributed by atoms with E-state index in [1.165, 1.54) is 11.3 Å². The van der Waals surface area contributed by atoms with Crippen molar-refractivity contribution in [1.29, 1.82) is 0 Å². The van der Waals surface area contributed by atoms with E-state index in [4.69, 9.17) is 0 Å². The first-order valence-electron chi connectivity index (χ1n) is 6.62. The molecule has 102 valence electrons. The maximum absolute atomic E-state index is 9.49. The van der Waals surface area contributed by atoms with Gasteiger partial charge in [0.15, 0.2) is 0 Å². The van der Waals surface area contributed by atoms with Gasteiger partial charge in [0.2, 0.25) is 0 Å². The SMILES string of the molecule is CCn1nc(C)c(C(C)Nc2cccc(O)c2)c1C. The molecular weight excluding hydrogens is 238 g/mol. The van der Waals surface area contributed by atoms with E-state index in [-0.39, 0.29) is 11.8 Å². The number of hydrogen-bond donors (Lipinski definition) is 2. The summed E-state index contributed by atoms with van der Waals surface area (Å²) >= 11 is 0. The Morgan fingerprint density at radius 1 is 1.37 bits per heavy atom. The zero-order chi connectivity index (χ0) is 14.0. The molecule has 0 bridgehead atoms. The molecule has 2 aromatic rings. The third-order valence-electron chi connectivity index (χ3n) is 3.40. The van der Waals surface area contributed by atoms with Crippen molar-refractivity contribution in [2.75, 3.05) is 5.32 Å². The highest BCUT2D eigenvalue weighted by molar-refractivity contribution is 5.50. The zero-order valence-corrected chi connectivity index (χ0v) is 11.9. The Morgan fingerprint density at radius 2 is 2.11 bits per heavy atom. The van der Waals surface area contributed by atoms with Crippen molar-refractivity contribution >= 4 is 5.69 Å². The minimum absolute atomic E-state index is 0.155. The summed E-state index contributed by atoms with van der Waals surface area (Å²) in [7, 11) is 0. The molecule has 0 saturated heterocycles. The lowest BCUT2D eigenvalue weighted by Gasteiger charge is -2.16. The lowest BCUT2D eigenvalue weighted by Crippen LogP contribution is -2.09. The molecule has 1 heterocycles. The fourth-order valence-electron chi connectivity index (χ4n) is 2.56. The summed E-state index contributed by atoms with van der Waals surface area (Å²) in [5.74, 6) is 0.273. The Hall–Kier alpha value is -1.97. The van der Waals surface area contributed by atoms with Gasteiger partial charge < -0.3 is 10.4 Å². The first-order valence-corrected chi connectivity index (χ1v) is 6.62. The first kappa shape index (κ1) is 13.5. The molecule has 0 radical (unpaired) electrons. The number of benzene rings is 1. The standard InChI is InChI=1S/C15H21N3O/c1-5-18-12(4)15(11(3)17-18)10(2)16-13-7-6-8-14(19)9-13/h6-10,16,19H,5H2,1-4H3.